The van der Waals surface area contributed by atoms with E-state index in [1.165, 1.54) is 0 Å². The lowest BCUT2D eigenvalue weighted by Crippen LogP contribution is -2.47. The first kappa shape index (κ1) is 18.7. The predicted molar refractivity (Wildman–Crippen MR) is 96.2 cm³/mol. The number of alkyl halides is 2. The van der Waals surface area contributed by atoms with Gasteiger partial charge in [-0.2, -0.15) is 0 Å². The first-order valence-electron chi connectivity index (χ1n) is 9.69. The van der Waals surface area contributed by atoms with Crippen molar-refractivity contribution in [2.75, 3.05) is 39.8 Å². The lowest BCUT2D eigenvalue weighted by molar-refractivity contribution is -0.159. The van der Waals surface area contributed by atoms with Crippen LogP contribution in [-0.2, 0) is 16.1 Å². The molecule has 1 spiro atoms. The van der Waals surface area contributed by atoms with Crippen molar-refractivity contribution in [1.82, 2.24) is 14.8 Å². The number of nitrogens with zero attached hydrogens (tertiary/aromatic N) is 3. The number of ether oxygens (including phenoxy) is 1. The van der Waals surface area contributed by atoms with E-state index in [4.69, 9.17) is 4.74 Å². The number of amides is 1. The first-order valence-corrected chi connectivity index (χ1v) is 9.69. The van der Waals surface area contributed by atoms with Gasteiger partial charge < -0.3 is 14.5 Å². The Morgan fingerprint density at radius 3 is 2.89 bits per heavy atom. The number of aromatic nitrogens is 1. The lowest BCUT2D eigenvalue weighted by Gasteiger charge is -2.37. The van der Waals surface area contributed by atoms with Crippen molar-refractivity contribution in [3.8, 4) is 0 Å². The van der Waals surface area contributed by atoms with Crippen molar-refractivity contribution in [1.29, 1.82) is 0 Å². The molecule has 1 aromatic rings. The molecule has 148 valence electrons. The Labute approximate surface area is 158 Å². The molecule has 1 saturated carbocycles. The van der Waals surface area contributed by atoms with Crippen molar-refractivity contribution in [3.05, 3.63) is 30.1 Å². The Bertz CT molecular complexity index is 679. The Hall–Kier alpha value is -1.60. The molecule has 0 N–H and O–H groups in total. The topological polar surface area (TPSA) is 45.7 Å². The fraction of sp³-hybridized carbons (Fsp3) is 0.700. The molecule has 0 radical (unpaired) electrons. The second-order valence-corrected chi connectivity index (χ2v) is 8.60. The third-order valence-electron chi connectivity index (χ3n) is 6.43. The number of carbonyl (C=O) groups excluding carboxylic acids is 1. The molecule has 0 unspecified atom stereocenters. The summed E-state index contributed by atoms with van der Waals surface area (Å²) < 4.78 is 32.2. The van der Waals surface area contributed by atoms with Gasteiger partial charge >= 0.3 is 0 Å². The Morgan fingerprint density at radius 2 is 2.19 bits per heavy atom. The monoisotopic (exact) mass is 379 g/mol. The summed E-state index contributed by atoms with van der Waals surface area (Å²) >= 11 is 0. The highest BCUT2D eigenvalue weighted by Crippen LogP contribution is 2.47. The normalized spacial score (nSPS) is 30.8. The summed E-state index contributed by atoms with van der Waals surface area (Å²) in [5.41, 5.74) is 1.07. The molecule has 0 bridgehead atoms. The molecule has 3 fully saturated rings. The average Bonchev–Trinajstić information content (AvgIpc) is 3.17. The van der Waals surface area contributed by atoms with Crippen LogP contribution in [0.3, 0.4) is 0 Å². The second-order valence-electron chi connectivity index (χ2n) is 8.60. The van der Waals surface area contributed by atoms with Gasteiger partial charge in [-0.05, 0) is 25.1 Å². The molecule has 3 aliphatic rings. The number of hydrogen-bond donors (Lipinski definition) is 0. The molecule has 5 nitrogen and oxygen atoms in total. The van der Waals surface area contributed by atoms with E-state index in [0.717, 1.165) is 25.1 Å². The van der Waals surface area contributed by atoms with Gasteiger partial charge in [0.25, 0.3) is 0 Å². The summed E-state index contributed by atoms with van der Waals surface area (Å²) in [7, 11) is 2.10. The Morgan fingerprint density at radius 1 is 1.37 bits per heavy atom. The van der Waals surface area contributed by atoms with Crippen molar-refractivity contribution in [2.24, 2.45) is 17.3 Å². The maximum atomic E-state index is 13.1. The van der Waals surface area contributed by atoms with E-state index in [-0.39, 0.29) is 24.2 Å². The molecule has 2 aliphatic heterocycles. The number of hydrogen-bond acceptors (Lipinski definition) is 4. The zero-order valence-corrected chi connectivity index (χ0v) is 15.7. The first-order chi connectivity index (χ1) is 12.9. The van der Waals surface area contributed by atoms with E-state index >= 15 is 0 Å². The van der Waals surface area contributed by atoms with Crippen LogP contribution in [0.25, 0.3) is 0 Å². The van der Waals surface area contributed by atoms with Gasteiger partial charge in [-0.15, -0.1) is 0 Å². The van der Waals surface area contributed by atoms with E-state index in [1.807, 2.05) is 17.0 Å². The highest BCUT2D eigenvalue weighted by atomic mass is 19.3. The van der Waals surface area contributed by atoms with Crippen molar-refractivity contribution >= 4 is 5.91 Å². The van der Waals surface area contributed by atoms with E-state index in [0.29, 0.717) is 32.2 Å². The number of carbonyl (C=O) groups is 1. The van der Waals surface area contributed by atoms with Crippen LogP contribution in [0.4, 0.5) is 8.78 Å². The minimum Gasteiger partial charge on any atom is -0.376 e. The van der Waals surface area contributed by atoms with Crippen LogP contribution in [0.1, 0.15) is 24.8 Å². The van der Waals surface area contributed by atoms with Crippen LogP contribution in [0.15, 0.2) is 24.5 Å². The van der Waals surface area contributed by atoms with Crippen LogP contribution in [0.5, 0.6) is 0 Å². The summed E-state index contributed by atoms with van der Waals surface area (Å²) in [4.78, 5) is 20.8. The quantitative estimate of drug-likeness (QED) is 0.788. The molecule has 1 amide bonds. The molecule has 0 aromatic carbocycles. The summed E-state index contributed by atoms with van der Waals surface area (Å²) in [5, 5.41) is 0. The van der Waals surface area contributed by atoms with Crippen LogP contribution in [0, 0.1) is 17.3 Å². The second kappa shape index (κ2) is 7.09. The molecule has 7 heteroatoms. The highest BCUT2D eigenvalue weighted by molar-refractivity contribution is 5.80. The maximum absolute atomic E-state index is 13.1. The molecule has 2 saturated heterocycles. The molecular weight excluding hydrogens is 352 g/mol. The number of likely N-dealkylation sites (tertiary alicyclic amines) is 2. The van der Waals surface area contributed by atoms with Crippen molar-refractivity contribution in [3.63, 3.8) is 0 Å². The SMILES string of the molecule is CN1C[C@@H](COCc2cccnc2)[C@]2(CCN(C(=O)C3CC(F)(F)C3)C2)C1. The van der Waals surface area contributed by atoms with Gasteiger partial charge in [0, 0.05) is 68.7 Å². The van der Waals surface area contributed by atoms with E-state index in [1.54, 1.807) is 12.4 Å². The Kier molecular flexibility index (Phi) is 4.93. The summed E-state index contributed by atoms with van der Waals surface area (Å²) in [6, 6.07) is 3.89. The van der Waals surface area contributed by atoms with Crippen molar-refractivity contribution < 1.29 is 18.3 Å². The zero-order chi connectivity index (χ0) is 19.1. The molecule has 3 heterocycles. The molecular formula is C20H27F2N3O2. The smallest absolute Gasteiger partial charge is 0.249 e. The van der Waals surface area contributed by atoms with Gasteiger partial charge in [-0.25, -0.2) is 8.78 Å². The van der Waals surface area contributed by atoms with Gasteiger partial charge in [-0.3, -0.25) is 9.78 Å². The minimum absolute atomic E-state index is 0.0195. The fourth-order valence-corrected chi connectivity index (χ4v) is 4.97. The average molecular weight is 379 g/mol. The summed E-state index contributed by atoms with van der Waals surface area (Å²) in [6.45, 7) is 4.38. The molecule has 1 aliphatic carbocycles. The van der Waals surface area contributed by atoms with E-state index < -0.39 is 11.8 Å². The maximum Gasteiger partial charge on any atom is 0.249 e. The van der Waals surface area contributed by atoms with E-state index in [2.05, 4.69) is 16.9 Å². The molecule has 1 aromatic heterocycles. The number of pyridine rings is 1. The number of rotatable bonds is 5. The molecule has 27 heavy (non-hydrogen) atoms. The Balaban J connectivity index is 1.34. The summed E-state index contributed by atoms with van der Waals surface area (Å²) in [6.07, 6.45) is 3.90. The van der Waals surface area contributed by atoms with Gasteiger partial charge in [0.2, 0.25) is 11.8 Å². The number of halogens is 2. The zero-order valence-electron chi connectivity index (χ0n) is 15.7. The van der Waals surface area contributed by atoms with Crippen LogP contribution in [-0.4, -0.2) is 66.4 Å². The van der Waals surface area contributed by atoms with Gasteiger partial charge in [0.15, 0.2) is 0 Å². The van der Waals surface area contributed by atoms with Gasteiger partial charge in [0.05, 0.1) is 13.2 Å². The van der Waals surface area contributed by atoms with Crippen LogP contribution in [0.2, 0.25) is 0 Å². The third-order valence-corrected chi connectivity index (χ3v) is 6.43. The van der Waals surface area contributed by atoms with Crippen molar-refractivity contribution in [2.45, 2.75) is 31.8 Å². The third kappa shape index (κ3) is 3.85. The fourth-order valence-electron chi connectivity index (χ4n) is 4.97. The minimum atomic E-state index is -2.64. The molecule has 4 rings (SSSR count). The van der Waals surface area contributed by atoms with Gasteiger partial charge in [-0.1, -0.05) is 6.07 Å². The predicted octanol–water partition coefficient (Wildman–Crippen LogP) is 2.42. The lowest BCUT2D eigenvalue weighted by atomic mass is 9.77. The van der Waals surface area contributed by atoms with E-state index in [9.17, 15) is 13.6 Å². The van der Waals surface area contributed by atoms with Gasteiger partial charge in [0.1, 0.15) is 0 Å². The largest absolute Gasteiger partial charge is 0.376 e. The van der Waals surface area contributed by atoms with Crippen LogP contribution >= 0.6 is 0 Å². The van der Waals surface area contributed by atoms with Crippen LogP contribution < -0.4 is 0 Å². The summed E-state index contributed by atoms with van der Waals surface area (Å²) in [5.74, 6) is -2.87. The standard InChI is InChI=1S/C20H27F2N3O2/c1-24-10-17(12-27-11-15-3-2-5-23-9-15)19(13-24)4-6-25(14-19)18(26)16-7-20(21,22)8-16/h2-3,5,9,16-17H,4,6-8,10-14H2,1H3/t17-,19+/m0/s1. The highest BCUT2D eigenvalue weighted by Gasteiger charge is 2.54. The molecule has 2 atom stereocenters.